The Hall–Kier alpha value is -4.39. The number of aryl methyl sites for hydroxylation is 1. The molecule has 7 nitrogen and oxygen atoms in total. The predicted molar refractivity (Wildman–Crippen MR) is 153 cm³/mol. The number of rotatable bonds is 7. The van der Waals surface area contributed by atoms with Crippen LogP contribution in [0, 0.1) is 18.3 Å². The Morgan fingerprint density at radius 3 is 2.52 bits per heavy atom. The van der Waals surface area contributed by atoms with Crippen LogP contribution in [0.25, 0.3) is 21.9 Å². The molecule has 7 heteroatoms. The number of H-pyrrole nitrogens is 1. The molecule has 2 saturated heterocycles. The Morgan fingerprint density at radius 1 is 1.00 bits per heavy atom. The summed E-state index contributed by atoms with van der Waals surface area (Å²) in [6, 6.07) is 23.0. The van der Waals surface area contributed by atoms with Crippen molar-refractivity contribution in [2.75, 3.05) is 13.1 Å². The number of hydrogen-bond acceptors (Lipinski definition) is 5. The number of benzene rings is 3. The number of nitrogens with zero attached hydrogens (tertiary/aromatic N) is 1. The summed E-state index contributed by atoms with van der Waals surface area (Å²) in [5, 5.41) is 1.31. The number of esters is 1. The smallest absolute Gasteiger partial charge is 0.314 e. The maximum Gasteiger partial charge on any atom is 0.314 e. The molecule has 0 unspecified atom stereocenters. The van der Waals surface area contributed by atoms with E-state index in [0.29, 0.717) is 24.2 Å². The summed E-state index contributed by atoms with van der Waals surface area (Å²) in [4.78, 5) is 43.7. The number of aromatic amines is 1. The highest BCUT2D eigenvalue weighted by molar-refractivity contribution is 5.97. The molecule has 3 aliphatic rings. The molecule has 2 bridgehead atoms. The second-order valence-electron chi connectivity index (χ2n) is 11.1. The molecule has 4 aromatic rings. The van der Waals surface area contributed by atoms with Crippen LogP contribution in [0.4, 0.5) is 0 Å². The van der Waals surface area contributed by atoms with E-state index in [2.05, 4.69) is 4.98 Å². The minimum Gasteiger partial charge on any atom is -0.481 e. The molecule has 1 amide bonds. The monoisotopic (exact) mass is 536 g/mol. The van der Waals surface area contributed by atoms with Gasteiger partial charge in [-0.25, -0.2) is 0 Å². The van der Waals surface area contributed by atoms with E-state index in [1.54, 1.807) is 30.2 Å². The molecule has 40 heavy (non-hydrogen) atoms. The molecular formula is C33H32N2O5. The number of ether oxygens (including phenoxy) is 2. The normalized spacial score (nSPS) is 20.4. The maximum atomic E-state index is 13.4. The molecule has 1 atom stereocenters. The van der Waals surface area contributed by atoms with E-state index in [0.717, 1.165) is 40.5 Å². The Bertz CT molecular complexity index is 1640. The number of aromatic nitrogens is 1. The quantitative estimate of drug-likeness (QED) is 0.326. The molecular weight excluding hydrogens is 504 g/mol. The van der Waals surface area contributed by atoms with E-state index in [1.165, 1.54) is 0 Å². The van der Waals surface area contributed by atoms with Crippen molar-refractivity contribution in [1.29, 1.82) is 0 Å². The van der Waals surface area contributed by atoms with Gasteiger partial charge in [-0.3, -0.25) is 14.4 Å². The molecule has 0 radical (unpaired) electrons. The van der Waals surface area contributed by atoms with Crippen molar-refractivity contribution in [2.45, 2.75) is 39.4 Å². The molecule has 1 N–H and O–H groups in total. The third kappa shape index (κ3) is 4.76. The maximum absolute atomic E-state index is 13.4. The summed E-state index contributed by atoms with van der Waals surface area (Å²) in [6.07, 6.45) is 2.46. The van der Waals surface area contributed by atoms with Gasteiger partial charge in [0.15, 0.2) is 6.10 Å². The average Bonchev–Trinajstić information content (AvgIpc) is 2.96. The lowest BCUT2D eigenvalue weighted by Gasteiger charge is -2.54. The topological polar surface area (TPSA) is 88.7 Å². The first kappa shape index (κ1) is 25.9. The van der Waals surface area contributed by atoms with Gasteiger partial charge in [0.2, 0.25) is 0 Å². The van der Waals surface area contributed by atoms with Crippen LogP contribution < -0.4 is 10.3 Å². The van der Waals surface area contributed by atoms with Crippen molar-refractivity contribution in [3.63, 3.8) is 0 Å². The first-order valence-corrected chi connectivity index (χ1v) is 13.7. The first-order valence-electron chi connectivity index (χ1n) is 13.7. The highest BCUT2D eigenvalue weighted by Gasteiger charge is 2.57. The van der Waals surface area contributed by atoms with Gasteiger partial charge >= 0.3 is 5.97 Å². The first-order chi connectivity index (χ1) is 19.3. The second-order valence-corrected chi connectivity index (χ2v) is 11.1. The van der Waals surface area contributed by atoms with Gasteiger partial charge in [-0.15, -0.1) is 0 Å². The lowest BCUT2D eigenvalue weighted by Crippen LogP contribution is -2.62. The van der Waals surface area contributed by atoms with Crippen LogP contribution >= 0.6 is 0 Å². The standard InChI is InChI=1S/C33H32N2O5/c1-21-8-6-7-11-26(21)29-17-34-30(36)28-14-25(12-13-27(28)29)40-22(2)31(37)35-18-24-15-33(16-24,20-35)32(38)39-19-23-9-4-3-5-10-23/h3-14,17,22,24H,15-16,18-20H2,1-2H3,(H,34,36)/t22-,24?,33?/m1/s1. The van der Waals surface area contributed by atoms with Crippen molar-refractivity contribution in [3.05, 3.63) is 100 Å². The minimum absolute atomic E-state index is 0.174. The van der Waals surface area contributed by atoms with Gasteiger partial charge in [0.25, 0.3) is 11.5 Å². The van der Waals surface area contributed by atoms with E-state index in [-0.39, 0.29) is 30.0 Å². The third-order valence-electron chi connectivity index (χ3n) is 8.26. The zero-order valence-electron chi connectivity index (χ0n) is 22.7. The fraction of sp³-hybridized carbons (Fsp3) is 0.303. The van der Waals surface area contributed by atoms with Gasteiger partial charge in [-0.2, -0.15) is 0 Å². The van der Waals surface area contributed by atoms with Crippen molar-refractivity contribution < 1.29 is 19.1 Å². The number of carbonyl (C=O) groups is 2. The molecule has 204 valence electrons. The number of hydrogen-bond donors (Lipinski definition) is 1. The highest BCUT2D eigenvalue weighted by atomic mass is 16.5. The van der Waals surface area contributed by atoms with Crippen LogP contribution in [0.3, 0.4) is 0 Å². The van der Waals surface area contributed by atoms with Crippen LogP contribution in [0.5, 0.6) is 5.75 Å². The highest BCUT2D eigenvalue weighted by Crippen LogP contribution is 2.51. The number of pyridine rings is 1. The molecule has 3 aromatic carbocycles. The SMILES string of the molecule is Cc1ccccc1-c1c[nH]c(=O)c2cc(O[C@H](C)C(=O)N3CC4CC(C(=O)OCc5ccccc5)(C4)C3)ccc12. The van der Waals surface area contributed by atoms with Gasteiger partial charge in [0.1, 0.15) is 12.4 Å². The van der Waals surface area contributed by atoms with E-state index in [4.69, 9.17) is 9.47 Å². The van der Waals surface area contributed by atoms with Crippen LogP contribution in [0.15, 0.2) is 83.8 Å². The van der Waals surface area contributed by atoms with Gasteiger partial charge in [0.05, 0.1) is 10.8 Å². The second kappa shape index (κ2) is 10.3. The van der Waals surface area contributed by atoms with Crippen molar-refractivity contribution in [3.8, 4) is 16.9 Å². The predicted octanol–water partition coefficient (Wildman–Crippen LogP) is 5.25. The Morgan fingerprint density at radius 2 is 1.75 bits per heavy atom. The molecule has 3 heterocycles. The summed E-state index contributed by atoms with van der Waals surface area (Å²) < 4.78 is 11.7. The molecule has 3 fully saturated rings. The summed E-state index contributed by atoms with van der Waals surface area (Å²) in [5.41, 5.74) is 3.16. The van der Waals surface area contributed by atoms with Gasteiger partial charge in [0, 0.05) is 24.8 Å². The van der Waals surface area contributed by atoms with Crippen LogP contribution in [0.2, 0.25) is 0 Å². The van der Waals surface area contributed by atoms with Crippen molar-refractivity contribution in [2.24, 2.45) is 11.3 Å². The number of carbonyl (C=O) groups excluding carboxylic acids is 2. The van der Waals surface area contributed by atoms with E-state index < -0.39 is 11.5 Å². The number of fused-ring (bicyclic) bond motifs is 3. The fourth-order valence-electron chi connectivity index (χ4n) is 6.24. The summed E-state index contributed by atoms with van der Waals surface area (Å²) in [7, 11) is 0. The Kier molecular flexibility index (Phi) is 6.66. The molecule has 1 aliphatic carbocycles. The van der Waals surface area contributed by atoms with E-state index in [9.17, 15) is 14.4 Å². The largest absolute Gasteiger partial charge is 0.481 e. The van der Waals surface area contributed by atoms with E-state index >= 15 is 0 Å². The molecule has 0 spiro atoms. The number of piperidine rings is 2. The lowest BCUT2D eigenvalue weighted by atomic mass is 9.58. The van der Waals surface area contributed by atoms with Gasteiger partial charge in [-0.1, -0.05) is 54.6 Å². The lowest BCUT2D eigenvalue weighted by molar-refractivity contribution is -0.180. The Labute approximate surface area is 232 Å². The zero-order chi connectivity index (χ0) is 27.9. The van der Waals surface area contributed by atoms with Crippen LogP contribution in [-0.2, 0) is 20.9 Å². The molecule has 2 aliphatic heterocycles. The molecule has 1 saturated carbocycles. The average molecular weight is 537 g/mol. The van der Waals surface area contributed by atoms with E-state index in [1.807, 2.05) is 67.6 Å². The summed E-state index contributed by atoms with van der Waals surface area (Å²) in [5.74, 6) is 0.317. The van der Waals surface area contributed by atoms with Gasteiger partial charge < -0.3 is 19.4 Å². The van der Waals surface area contributed by atoms with Gasteiger partial charge in [-0.05, 0) is 72.9 Å². The molecule has 7 rings (SSSR count). The minimum atomic E-state index is -0.772. The summed E-state index contributed by atoms with van der Waals surface area (Å²) >= 11 is 0. The van der Waals surface area contributed by atoms with Crippen LogP contribution in [-0.4, -0.2) is 41.0 Å². The third-order valence-corrected chi connectivity index (χ3v) is 8.26. The van der Waals surface area contributed by atoms with Crippen molar-refractivity contribution in [1.82, 2.24) is 9.88 Å². The number of nitrogens with one attached hydrogen (secondary N) is 1. The fourth-order valence-corrected chi connectivity index (χ4v) is 6.24. The molecule has 1 aromatic heterocycles. The zero-order valence-corrected chi connectivity index (χ0v) is 22.7. The van der Waals surface area contributed by atoms with Crippen molar-refractivity contribution >= 4 is 22.6 Å². The van der Waals surface area contributed by atoms with Crippen LogP contribution in [0.1, 0.15) is 30.9 Å². The Balaban J connectivity index is 1.15. The summed E-state index contributed by atoms with van der Waals surface area (Å²) in [6.45, 7) is 4.92. The number of amides is 1.